The lowest BCUT2D eigenvalue weighted by molar-refractivity contribution is 0.0456. The molecule has 7 heteroatoms. The lowest BCUT2D eigenvalue weighted by Gasteiger charge is -2.06. The van der Waals surface area contributed by atoms with E-state index in [0.717, 1.165) is 11.3 Å². The van der Waals surface area contributed by atoms with E-state index in [1.807, 2.05) is 13.8 Å². The Kier molecular flexibility index (Phi) is 5.15. The van der Waals surface area contributed by atoms with Crippen molar-refractivity contribution in [1.82, 2.24) is 0 Å². The third-order valence-corrected chi connectivity index (χ3v) is 5.19. The smallest absolute Gasteiger partial charge is 0.349 e. The number of esters is 1. The molecule has 1 aromatic rings. The Morgan fingerprint density at radius 2 is 2.00 bits per heavy atom. The van der Waals surface area contributed by atoms with Crippen molar-refractivity contribution in [3.8, 4) is 0 Å². The lowest BCUT2D eigenvalue weighted by atomic mass is 10.2. The summed E-state index contributed by atoms with van der Waals surface area (Å²) < 4.78 is 5.94. The van der Waals surface area contributed by atoms with Crippen LogP contribution in [0.2, 0.25) is 0 Å². The Morgan fingerprint density at radius 1 is 1.41 bits per heavy atom. The fraction of sp³-hybridized carbons (Fsp3) is 0.400. The molecule has 1 heterocycles. The number of thiophene rings is 1. The molecule has 0 aliphatic heterocycles. The molecule has 4 nitrogen and oxygen atoms in total. The quantitative estimate of drug-likeness (QED) is 0.801. The van der Waals surface area contributed by atoms with Crippen molar-refractivity contribution in [2.75, 3.05) is 6.61 Å². The maximum absolute atomic E-state index is 11.7. The van der Waals surface area contributed by atoms with E-state index in [1.165, 1.54) is 0 Å². The van der Waals surface area contributed by atoms with Crippen molar-refractivity contribution in [2.24, 2.45) is 5.92 Å². The summed E-state index contributed by atoms with van der Waals surface area (Å²) in [6.45, 7) is 4.09. The van der Waals surface area contributed by atoms with Gasteiger partial charge in [0.15, 0.2) is 0 Å². The van der Waals surface area contributed by atoms with Crippen molar-refractivity contribution in [3.05, 3.63) is 18.7 Å². The Bertz CT molecular complexity index is 453. The SMILES string of the molecule is CC(C)COC(=O)c1sc(Br)c(Br)c1C(=O)O. The molecule has 0 radical (unpaired) electrons. The second-order valence-corrected chi connectivity index (χ2v) is 6.82. The van der Waals surface area contributed by atoms with Crippen molar-refractivity contribution < 1.29 is 19.4 Å². The van der Waals surface area contributed by atoms with Crippen molar-refractivity contribution >= 4 is 55.1 Å². The molecule has 0 saturated carbocycles. The highest BCUT2D eigenvalue weighted by Crippen LogP contribution is 2.37. The highest BCUT2D eigenvalue weighted by molar-refractivity contribution is 9.13. The second kappa shape index (κ2) is 5.97. The molecule has 17 heavy (non-hydrogen) atoms. The van der Waals surface area contributed by atoms with Gasteiger partial charge in [0.05, 0.1) is 14.9 Å². The molecule has 0 aliphatic rings. The zero-order valence-electron chi connectivity index (χ0n) is 9.12. The van der Waals surface area contributed by atoms with Gasteiger partial charge in [-0.25, -0.2) is 9.59 Å². The van der Waals surface area contributed by atoms with Crippen LogP contribution in [0, 0.1) is 5.92 Å². The summed E-state index contributed by atoms with van der Waals surface area (Å²) in [5.41, 5.74) is -0.0596. The minimum atomic E-state index is -1.16. The summed E-state index contributed by atoms with van der Waals surface area (Å²) in [6, 6.07) is 0. The van der Waals surface area contributed by atoms with Crippen LogP contribution < -0.4 is 0 Å². The number of rotatable bonds is 4. The van der Waals surface area contributed by atoms with Crippen LogP contribution in [0.1, 0.15) is 33.9 Å². The van der Waals surface area contributed by atoms with Gasteiger partial charge in [-0.2, -0.15) is 0 Å². The van der Waals surface area contributed by atoms with E-state index in [0.29, 0.717) is 8.26 Å². The topological polar surface area (TPSA) is 63.6 Å². The van der Waals surface area contributed by atoms with Crippen LogP contribution in [-0.2, 0) is 4.74 Å². The predicted molar refractivity (Wildman–Crippen MR) is 71.8 cm³/mol. The monoisotopic (exact) mass is 384 g/mol. The first-order valence-electron chi connectivity index (χ1n) is 4.72. The van der Waals surface area contributed by atoms with Crippen LogP contribution in [0.5, 0.6) is 0 Å². The van der Waals surface area contributed by atoms with Gasteiger partial charge in [-0.15, -0.1) is 11.3 Å². The highest BCUT2D eigenvalue weighted by Gasteiger charge is 2.26. The molecule has 0 atom stereocenters. The van der Waals surface area contributed by atoms with Gasteiger partial charge in [0, 0.05) is 0 Å². The van der Waals surface area contributed by atoms with E-state index in [4.69, 9.17) is 9.84 Å². The molecule has 0 aliphatic carbocycles. The number of carbonyl (C=O) groups is 2. The van der Waals surface area contributed by atoms with Gasteiger partial charge in [0.25, 0.3) is 0 Å². The fourth-order valence-electron chi connectivity index (χ4n) is 1.03. The van der Waals surface area contributed by atoms with E-state index >= 15 is 0 Å². The average molecular weight is 386 g/mol. The van der Waals surface area contributed by atoms with E-state index in [9.17, 15) is 9.59 Å². The van der Waals surface area contributed by atoms with Gasteiger partial charge in [-0.05, 0) is 37.8 Å². The molecule has 0 bridgehead atoms. The standard InChI is InChI=1S/C10H10Br2O4S/c1-4(2)3-16-10(15)7-5(9(13)14)6(11)8(12)17-7/h4H,3H2,1-2H3,(H,13,14). The minimum absolute atomic E-state index is 0.0596. The number of carboxylic acid groups (broad SMARTS) is 1. The molecule has 1 N–H and O–H groups in total. The summed E-state index contributed by atoms with van der Waals surface area (Å²) in [6.07, 6.45) is 0. The Balaban J connectivity index is 3.01. The van der Waals surface area contributed by atoms with Gasteiger partial charge in [-0.3, -0.25) is 0 Å². The molecule has 1 rings (SSSR count). The summed E-state index contributed by atoms with van der Waals surface area (Å²) in [4.78, 5) is 22.9. The van der Waals surface area contributed by atoms with Gasteiger partial charge in [0.1, 0.15) is 10.4 Å². The third kappa shape index (κ3) is 3.53. The summed E-state index contributed by atoms with van der Waals surface area (Å²) in [5.74, 6) is -1.55. The number of hydrogen-bond donors (Lipinski definition) is 1. The third-order valence-electron chi connectivity index (χ3n) is 1.76. The summed E-state index contributed by atoms with van der Waals surface area (Å²) in [7, 11) is 0. The first-order valence-corrected chi connectivity index (χ1v) is 7.13. The number of halogens is 2. The predicted octanol–water partition coefficient (Wildman–Crippen LogP) is 3.78. The molecular formula is C10H10Br2O4S. The molecule has 0 unspecified atom stereocenters. The molecule has 0 saturated heterocycles. The fourth-order valence-corrected chi connectivity index (χ4v) is 3.26. The van der Waals surface area contributed by atoms with Crippen LogP contribution >= 0.6 is 43.2 Å². The van der Waals surface area contributed by atoms with Crippen molar-refractivity contribution in [2.45, 2.75) is 13.8 Å². The number of ether oxygens (including phenoxy) is 1. The molecule has 0 spiro atoms. The Labute approximate surface area is 119 Å². The number of carbonyl (C=O) groups excluding carboxylic acids is 1. The average Bonchev–Trinajstić information content (AvgIpc) is 2.52. The van der Waals surface area contributed by atoms with Crippen LogP contribution in [0.3, 0.4) is 0 Å². The Hall–Kier alpha value is -0.400. The van der Waals surface area contributed by atoms with E-state index in [1.54, 1.807) is 0 Å². The first kappa shape index (κ1) is 14.7. The normalized spacial score (nSPS) is 10.6. The van der Waals surface area contributed by atoms with Gasteiger partial charge >= 0.3 is 11.9 Å². The van der Waals surface area contributed by atoms with Crippen LogP contribution in [0.15, 0.2) is 8.26 Å². The summed E-state index contributed by atoms with van der Waals surface area (Å²) in [5, 5.41) is 9.03. The van der Waals surface area contributed by atoms with E-state index in [-0.39, 0.29) is 23.0 Å². The molecule has 0 fully saturated rings. The molecule has 0 amide bonds. The van der Waals surface area contributed by atoms with Crippen LogP contribution in [0.4, 0.5) is 0 Å². The minimum Gasteiger partial charge on any atom is -0.478 e. The second-order valence-electron chi connectivity index (χ2n) is 3.69. The number of aromatic carboxylic acids is 1. The molecule has 94 valence electrons. The first-order chi connectivity index (χ1) is 7.84. The van der Waals surface area contributed by atoms with Crippen LogP contribution in [-0.4, -0.2) is 23.7 Å². The maximum Gasteiger partial charge on any atom is 0.349 e. The molecular weight excluding hydrogens is 376 g/mol. The zero-order valence-corrected chi connectivity index (χ0v) is 13.1. The number of hydrogen-bond acceptors (Lipinski definition) is 4. The summed E-state index contributed by atoms with van der Waals surface area (Å²) >= 11 is 7.35. The van der Waals surface area contributed by atoms with Crippen molar-refractivity contribution in [3.63, 3.8) is 0 Å². The van der Waals surface area contributed by atoms with Crippen molar-refractivity contribution in [1.29, 1.82) is 0 Å². The van der Waals surface area contributed by atoms with Crippen LogP contribution in [0.25, 0.3) is 0 Å². The molecule has 0 aromatic carbocycles. The van der Waals surface area contributed by atoms with Gasteiger partial charge < -0.3 is 9.84 Å². The van der Waals surface area contributed by atoms with Gasteiger partial charge in [-0.1, -0.05) is 13.8 Å². The lowest BCUT2D eigenvalue weighted by Crippen LogP contribution is -2.12. The Morgan fingerprint density at radius 3 is 2.47 bits per heavy atom. The number of carboxylic acids is 1. The largest absolute Gasteiger partial charge is 0.478 e. The molecule has 1 aromatic heterocycles. The van der Waals surface area contributed by atoms with Gasteiger partial charge in [0.2, 0.25) is 0 Å². The zero-order chi connectivity index (χ0) is 13.2. The maximum atomic E-state index is 11.7. The highest BCUT2D eigenvalue weighted by atomic mass is 79.9. The van der Waals surface area contributed by atoms with E-state index < -0.39 is 11.9 Å². The van der Waals surface area contributed by atoms with E-state index in [2.05, 4.69) is 31.9 Å².